The first-order chi connectivity index (χ1) is 10.3. The third kappa shape index (κ3) is 2.72. The molecule has 0 unspecified atom stereocenters. The molecule has 0 atom stereocenters. The molecular formula is C16H14FN3O. The summed E-state index contributed by atoms with van der Waals surface area (Å²) in [6.07, 6.45) is 3.56. The molecule has 0 radical (unpaired) electrons. The van der Waals surface area contributed by atoms with Crippen LogP contribution in [0.2, 0.25) is 0 Å². The summed E-state index contributed by atoms with van der Waals surface area (Å²) in [4.78, 5) is 4.28. The fourth-order valence-corrected chi connectivity index (χ4v) is 2.06. The number of hydrogen-bond donors (Lipinski definition) is 1. The monoisotopic (exact) mass is 283 g/mol. The number of nitrogens with one attached hydrogen (secondary N) is 1. The van der Waals surface area contributed by atoms with Crippen LogP contribution >= 0.6 is 0 Å². The van der Waals surface area contributed by atoms with Crippen LogP contribution in [0.4, 0.5) is 16.0 Å². The van der Waals surface area contributed by atoms with Crippen molar-refractivity contribution in [2.45, 2.75) is 0 Å². The van der Waals surface area contributed by atoms with Crippen LogP contribution < -0.4 is 10.1 Å². The number of imidazole rings is 1. The largest absolute Gasteiger partial charge is 0.494 e. The Morgan fingerprint density at radius 1 is 1.14 bits per heavy atom. The maximum atomic E-state index is 13.4. The molecule has 0 saturated carbocycles. The van der Waals surface area contributed by atoms with Crippen LogP contribution in [0.15, 0.2) is 60.9 Å². The number of ether oxygens (including phenoxy) is 1. The molecular weight excluding hydrogens is 269 g/mol. The molecule has 0 fully saturated rings. The Morgan fingerprint density at radius 3 is 2.71 bits per heavy atom. The Kier molecular flexibility index (Phi) is 3.55. The lowest BCUT2D eigenvalue weighted by atomic mass is 10.3. The van der Waals surface area contributed by atoms with Gasteiger partial charge >= 0.3 is 0 Å². The lowest BCUT2D eigenvalue weighted by molar-refractivity contribution is 0.387. The maximum Gasteiger partial charge on any atom is 0.212 e. The molecule has 0 amide bonds. The van der Waals surface area contributed by atoms with E-state index in [4.69, 9.17) is 4.74 Å². The molecule has 0 saturated heterocycles. The van der Waals surface area contributed by atoms with E-state index in [-0.39, 0.29) is 5.75 Å². The topological polar surface area (TPSA) is 39.1 Å². The Bertz CT molecular complexity index is 740. The van der Waals surface area contributed by atoms with Crippen LogP contribution in [0.1, 0.15) is 0 Å². The molecule has 0 aliphatic carbocycles. The van der Waals surface area contributed by atoms with E-state index in [2.05, 4.69) is 10.3 Å². The van der Waals surface area contributed by atoms with Crippen LogP contribution in [0, 0.1) is 5.82 Å². The Labute approximate surface area is 121 Å². The van der Waals surface area contributed by atoms with Crippen molar-refractivity contribution in [2.75, 3.05) is 12.4 Å². The molecule has 3 aromatic rings. The number of nitrogens with zero attached hydrogens (tertiary/aromatic N) is 2. The second-order valence-electron chi connectivity index (χ2n) is 4.43. The van der Waals surface area contributed by atoms with E-state index >= 15 is 0 Å². The van der Waals surface area contributed by atoms with Gasteiger partial charge in [-0.25, -0.2) is 9.37 Å². The average molecular weight is 283 g/mol. The van der Waals surface area contributed by atoms with E-state index < -0.39 is 5.82 Å². The molecule has 3 rings (SSSR count). The average Bonchev–Trinajstić information content (AvgIpc) is 2.98. The molecule has 0 bridgehead atoms. The lowest BCUT2D eigenvalue weighted by Gasteiger charge is -2.11. The van der Waals surface area contributed by atoms with Crippen molar-refractivity contribution in [1.29, 1.82) is 0 Å². The molecule has 2 aromatic carbocycles. The predicted octanol–water partition coefficient (Wildman–Crippen LogP) is 3.76. The molecule has 4 nitrogen and oxygen atoms in total. The van der Waals surface area contributed by atoms with Crippen molar-refractivity contribution in [3.63, 3.8) is 0 Å². The van der Waals surface area contributed by atoms with E-state index in [0.29, 0.717) is 11.6 Å². The minimum Gasteiger partial charge on any atom is -0.494 e. The van der Waals surface area contributed by atoms with Crippen LogP contribution in [0.25, 0.3) is 5.69 Å². The summed E-state index contributed by atoms with van der Waals surface area (Å²) in [6, 6.07) is 14.4. The minimum atomic E-state index is -0.394. The molecule has 1 aromatic heterocycles. The molecule has 1 heterocycles. The third-order valence-corrected chi connectivity index (χ3v) is 3.08. The first-order valence-electron chi connectivity index (χ1n) is 6.47. The molecule has 21 heavy (non-hydrogen) atoms. The van der Waals surface area contributed by atoms with Crippen molar-refractivity contribution in [3.8, 4) is 11.4 Å². The van der Waals surface area contributed by atoms with E-state index in [1.54, 1.807) is 18.3 Å². The fraction of sp³-hybridized carbons (Fsp3) is 0.0625. The Morgan fingerprint density at radius 2 is 1.95 bits per heavy atom. The van der Waals surface area contributed by atoms with E-state index in [0.717, 1.165) is 5.69 Å². The second-order valence-corrected chi connectivity index (χ2v) is 4.43. The zero-order valence-electron chi connectivity index (χ0n) is 11.5. The van der Waals surface area contributed by atoms with Crippen LogP contribution in [0.5, 0.6) is 5.75 Å². The highest BCUT2D eigenvalue weighted by Gasteiger charge is 2.07. The highest BCUT2D eigenvalue weighted by molar-refractivity contribution is 5.58. The number of hydrogen-bond acceptors (Lipinski definition) is 3. The second kappa shape index (κ2) is 5.66. The highest BCUT2D eigenvalue weighted by atomic mass is 19.1. The van der Waals surface area contributed by atoms with E-state index in [9.17, 15) is 4.39 Å². The van der Waals surface area contributed by atoms with Crippen molar-refractivity contribution in [1.82, 2.24) is 9.55 Å². The molecule has 0 aliphatic rings. The smallest absolute Gasteiger partial charge is 0.212 e. The number of rotatable bonds is 4. The molecule has 1 N–H and O–H groups in total. The van der Waals surface area contributed by atoms with Crippen molar-refractivity contribution in [2.24, 2.45) is 0 Å². The van der Waals surface area contributed by atoms with E-state index in [1.807, 2.05) is 41.1 Å². The van der Waals surface area contributed by atoms with E-state index in [1.165, 1.54) is 13.2 Å². The normalized spacial score (nSPS) is 10.4. The first kappa shape index (κ1) is 13.2. The number of anilines is 2. The minimum absolute atomic E-state index is 0.192. The third-order valence-electron chi connectivity index (χ3n) is 3.08. The van der Waals surface area contributed by atoms with Crippen LogP contribution in [0.3, 0.4) is 0 Å². The Balaban J connectivity index is 1.91. The van der Waals surface area contributed by atoms with Gasteiger partial charge < -0.3 is 10.1 Å². The fourth-order valence-electron chi connectivity index (χ4n) is 2.06. The summed E-state index contributed by atoms with van der Waals surface area (Å²) < 4.78 is 20.3. The van der Waals surface area contributed by atoms with Gasteiger partial charge in [-0.15, -0.1) is 0 Å². The van der Waals surface area contributed by atoms with Gasteiger partial charge in [-0.05, 0) is 24.3 Å². The summed E-state index contributed by atoms with van der Waals surface area (Å²) in [7, 11) is 1.44. The molecule has 0 aliphatic heterocycles. The van der Waals surface area contributed by atoms with Gasteiger partial charge in [0, 0.05) is 29.8 Å². The number of para-hydroxylation sites is 1. The first-order valence-corrected chi connectivity index (χ1v) is 6.47. The van der Waals surface area contributed by atoms with Crippen molar-refractivity contribution in [3.05, 3.63) is 66.7 Å². The summed E-state index contributed by atoms with van der Waals surface area (Å²) >= 11 is 0. The summed E-state index contributed by atoms with van der Waals surface area (Å²) in [6.45, 7) is 0. The van der Waals surface area contributed by atoms with Gasteiger partial charge in [-0.2, -0.15) is 0 Å². The van der Waals surface area contributed by atoms with Gasteiger partial charge in [0.1, 0.15) is 0 Å². The number of aromatic nitrogens is 2. The van der Waals surface area contributed by atoms with Gasteiger partial charge in [0.2, 0.25) is 5.95 Å². The maximum absolute atomic E-state index is 13.4. The van der Waals surface area contributed by atoms with Gasteiger partial charge in [0.25, 0.3) is 0 Å². The van der Waals surface area contributed by atoms with Crippen molar-refractivity contribution >= 4 is 11.6 Å². The Hall–Kier alpha value is -2.82. The number of methoxy groups -OCH3 is 1. The van der Waals surface area contributed by atoms with Gasteiger partial charge in [-0.3, -0.25) is 4.57 Å². The highest BCUT2D eigenvalue weighted by Crippen LogP contribution is 2.24. The zero-order valence-corrected chi connectivity index (χ0v) is 11.5. The van der Waals surface area contributed by atoms with Crippen molar-refractivity contribution < 1.29 is 9.13 Å². The van der Waals surface area contributed by atoms with Gasteiger partial charge in [-0.1, -0.05) is 18.2 Å². The standard InChI is InChI=1S/C16H14FN3O/c1-21-15-11-12(7-8-14(15)17)19-16-18-9-10-20(16)13-5-3-2-4-6-13/h2-11H,1H3,(H,18,19). The molecule has 106 valence electrons. The quantitative estimate of drug-likeness (QED) is 0.792. The molecule has 5 heteroatoms. The van der Waals surface area contributed by atoms with Crippen LogP contribution in [-0.4, -0.2) is 16.7 Å². The molecule has 0 spiro atoms. The predicted molar refractivity (Wildman–Crippen MR) is 79.8 cm³/mol. The SMILES string of the molecule is COc1cc(Nc2nccn2-c2ccccc2)ccc1F. The lowest BCUT2D eigenvalue weighted by Crippen LogP contribution is -2.01. The van der Waals surface area contributed by atoms with Crippen LogP contribution in [-0.2, 0) is 0 Å². The zero-order chi connectivity index (χ0) is 14.7. The summed E-state index contributed by atoms with van der Waals surface area (Å²) in [5, 5.41) is 3.16. The number of halogens is 1. The number of benzene rings is 2. The van der Waals surface area contributed by atoms with Gasteiger partial charge in [0.05, 0.1) is 7.11 Å². The van der Waals surface area contributed by atoms with Gasteiger partial charge in [0.15, 0.2) is 11.6 Å². The summed E-state index contributed by atoms with van der Waals surface area (Å²) in [5.41, 5.74) is 1.70. The summed E-state index contributed by atoms with van der Waals surface area (Å²) in [5.74, 6) is 0.446.